The van der Waals surface area contributed by atoms with Gasteiger partial charge in [-0.25, -0.2) is 0 Å². The molecule has 0 aromatic heterocycles. The van der Waals surface area contributed by atoms with Crippen LogP contribution in [0.5, 0.6) is 0 Å². The third-order valence-corrected chi connectivity index (χ3v) is 4.07. The maximum absolute atomic E-state index is 12.8. The van der Waals surface area contributed by atoms with Crippen molar-refractivity contribution >= 4 is 11.8 Å². The molecule has 1 N–H and O–H groups in total. The van der Waals surface area contributed by atoms with E-state index < -0.39 is 11.7 Å². The highest BCUT2D eigenvalue weighted by Crippen LogP contribution is 2.31. The van der Waals surface area contributed by atoms with E-state index in [-0.39, 0.29) is 6.04 Å². The van der Waals surface area contributed by atoms with Crippen LogP contribution in [0.25, 0.3) is 0 Å². The van der Waals surface area contributed by atoms with Gasteiger partial charge in [0.15, 0.2) is 0 Å². The van der Waals surface area contributed by atoms with Gasteiger partial charge in [0.2, 0.25) is 0 Å². The predicted molar refractivity (Wildman–Crippen MR) is 83.7 cm³/mol. The van der Waals surface area contributed by atoms with E-state index in [0.717, 1.165) is 30.7 Å². The van der Waals surface area contributed by atoms with E-state index in [2.05, 4.69) is 10.2 Å². The molecular weight excluding hydrogens is 297 g/mol. The predicted octanol–water partition coefficient (Wildman–Crippen LogP) is 3.65. The highest BCUT2D eigenvalue weighted by atomic mass is 32.2. The van der Waals surface area contributed by atoms with Gasteiger partial charge >= 0.3 is 6.18 Å². The number of benzene rings is 1. The molecule has 1 aromatic carbocycles. The summed E-state index contributed by atoms with van der Waals surface area (Å²) in [6.07, 6.45) is -4.29. The summed E-state index contributed by atoms with van der Waals surface area (Å²) in [7, 11) is 4.02. The van der Waals surface area contributed by atoms with Crippen LogP contribution in [-0.2, 0) is 6.18 Å². The van der Waals surface area contributed by atoms with E-state index in [4.69, 9.17) is 0 Å². The van der Waals surface area contributed by atoms with Gasteiger partial charge in [-0.1, -0.05) is 19.1 Å². The van der Waals surface area contributed by atoms with Gasteiger partial charge in [-0.05, 0) is 38.3 Å². The number of nitrogens with one attached hydrogen (secondary N) is 1. The molecule has 0 bridgehead atoms. The van der Waals surface area contributed by atoms with Gasteiger partial charge in [-0.15, -0.1) is 0 Å². The van der Waals surface area contributed by atoms with E-state index in [9.17, 15) is 13.2 Å². The molecule has 1 unspecified atom stereocenters. The minimum absolute atomic E-state index is 0.0514. The van der Waals surface area contributed by atoms with E-state index in [0.29, 0.717) is 5.56 Å². The van der Waals surface area contributed by atoms with Gasteiger partial charge in [0.05, 0.1) is 5.56 Å². The second-order valence-electron chi connectivity index (χ2n) is 5.11. The molecule has 0 radical (unpaired) electrons. The molecule has 1 rings (SSSR count). The van der Waals surface area contributed by atoms with Crippen molar-refractivity contribution < 1.29 is 13.2 Å². The number of hydrogen-bond donors (Lipinski definition) is 1. The van der Waals surface area contributed by atoms with Crippen molar-refractivity contribution in [1.82, 2.24) is 10.2 Å². The first kappa shape index (κ1) is 18.3. The summed E-state index contributed by atoms with van der Waals surface area (Å²) in [5.74, 6) is 1.73. The van der Waals surface area contributed by atoms with Crippen LogP contribution in [0.15, 0.2) is 24.3 Å². The van der Waals surface area contributed by atoms with Crippen LogP contribution < -0.4 is 5.32 Å². The van der Waals surface area contributed by atoms with Crippen molar-refractivity contribution in [3.05, 3.63) is 35.4 Å². The zero-order valence-electron chi connectivity index (χ0n) is 12.7. The summed E-state index contributed by atoms with van der Waals surface area (Å²) < 4.78 is 38.3. The molecule has 0 aliphatic rings. The van der Waals surface area contributed by atoms with Gasteiger partial charge in [0.25, 0.3) is 0 Å². The third-order valence-electron chi connectivity index (χ3n) is 3.03. The smallest absolute Gasteiger partial charge is 0.310 e. The summed E-state index contributed by atoms with van der Waals surface area (Å²) in [4.78, 5) is 2.10. The fourth-order valence-corrected chi connectivity index (χ4v) is 3.11. The van der Waals surface area contributed by atoms with Crippen LogP contribution in [0.3, 0.4) is 0 Å². The molecule has 0 aliphatic carbocycles. The average Bonchev–Trinajstić information content (AvgIpc) is 2.41. The lowest BCUT2D eigenvalue weighted by Gasteiger charge is -2.20. The third kappa shape index (κ3) is 6.72. The molecule has 2 nitrogen and oxygen atoms in total. The Morgan fingerprint density at radius 2 is 2.00 bits per heavy atom. The maximum atomic E-state index is 12.8. The fourth-order valence-electron chi connectivity index (χ4n) is 1.90. The SMILES string of the molecule is CCNC(CSCCN(C)C)c1cccc(C(F)(F)F)c1. The van der Waals surface area contributed by atoms with Crippen LogP contribution in [0.2, 0.25) is 0 Å². The Labute approximate surface area is 129 Å². The molecule has 120 valence electrons. The number of hydrogen-bond acceptors (Lipinski definition) is 3. The topological polar surface area (TPSA) is 15.3 Å². The Bertz CT molecular complexity index is 422. The normalized spacial score (nSPS) is 13.7. The minimum Gasteiger partial charge on any atom is -0.310 e. The maximum Gasteiger partial charge on any atom is 0.416 e. The molecule has 6 heteroatoms. The van der Waals surface area contributed by atoms with Crippen molar-refractivity contribution in [2.45, 2.75) is 19.1 Å². The van der Waals surface area contributed by atoms with E-state index >= 15 is 0 Å². The van der Waals surface area contributed by atoms with E-state index in [1.165, 1.54) is 12.1 Å². The Morgan fingerprint density at radius 3 is 2.57 bits per heavy atom. The molecule has 1 atom stereocenters. The zero-order chi connectivity index (χ0) is 15.9. The molecule has 21 heavy (non-hydrogen) atoms. The van der Waals surface area contributed by atoms with Crippen molar-refractivity contribution in [1.29, 1.82) is 0 Å². The Morgan fingerprint density at radius 1 is 1.29 bits per heavy atom. The lowest BCUT2D eigenvalue weighted by molar-refractivity contribution is -0.137. The van der Waals surface area contributed by atoms with Gasteiger partial charge in [-0.3, -0.25) is 0 Å². The summed E-state index contributed by atoms with van der Waals surface area (Å²) in [6, 6.07) is 5.55. The minimum atomic E-state index is -4.29. The number of thioether (sulfide) groups is 1. The molecule has 0 heterocycles. The van der Waals surface area contributed by atoms with Crippen molar-refractivity contribution in [2.24, 2.45) is 0 Å². The Kier molecular flexibility index (Phi) is 7.56. The van der Waals surface area contributed by atoms with Gasteiger partial charge in [0, 0.05) is 24.1 Å². The zero-order valence-corrected chi connectivity index (χ0v) is 13.5. The molecule has 0 saturated carbocycles. The number of rotatable bonds is 8. The first-order valence-electron chi connectivity index (χ1n) is 6.97. The van der Waals surface area contributed by atoms with Crippen LogP contribution in [0.4, 0.5) is 13.2 Å². The Hall–Kier alpha value is -0.720. The van der Waals surface area contributed by atoms with Crippen molar-refractivity contribution in [2.75, 3.05) is 38.7 Å². The summed E-state index contributed by atoms with van der Waals surface area (Å²) in [5, 5.41) is 3.26. The first-order chi connectivity index (χ1) is 9.84. The molecule has 0 spiro atoms. The first-order valence-corrected chi connectivity index (χ1v) is 8.13. The van der Waals surface area contributed by atoms with Crippen LogP contribution >= 0.6 is 11.8 Å². The van der Waals surface area contributed by atoms with Gasteiger partial charge in [-0.2, -0.15) is 24.9 Å². The van der Waals surface area contributed by atoms with E-state index in [1.54, 1.807) is 17.8 Å². The van der Waals surface area contributed by atoms with Crippen LogP contribution in [0.1, 0.15) is 24.1 Å². The Balaban J connectivity index is 2.71. The second kappa shape index (κ2) is 8.66. The van der Waals surface area contributed by atoms with Crippen LogP contribution in [0, 0.1) is 0 Å². The van der Waals surface area contributed by atoms with E-state index in [1.807, 2.05) is 21.0 Å². The van der Waals surface area contributed by atoms with Crippen molar-refractivity contribution in [3.8, 4) is 0 Å². The largest absolute Gasteiger partial charge is 0.416 e. The lowest BCUT2D eigenvalue weighted by Crippen LogP contribution is -2.24. The molecule has 0 fully saturated rings. The quantitative estimate of drug-likeness (QED) is 0.736. The second-order valence-corrected chi connectivity index (χ2v) is 6.26. The number of alkyl halides is 3. The molecule has 0 amide bonds. The highest BCUT2D eigenvalue weighted by Gasteiger charge is 2.30. The standard InChI is InChI=1S/C15H23F3N2S/c1-4-19-14(11-21-9-8-20(2)3)12-6-5-7-13(10-12)15(16,17)18/h5-7,10,14,19H,4,8-9,11H2,1-3H3. The van der Waals surface area contributed by atoms with Crippen LogP contribution in [-0.4, -0.2) is 43.6 Å². The van der Waals surface area contributed by atoms with Gasteiger partial charge < -0.3 is 10.2 Å². The summed E-state index contributed by atoms with van der Waals surface area (Å²) >= 11 is 1.75. The molecular formula is C15H23F3N2S. The average molecular weight is 320 g/mol. The molecule has 0 saturated heterocycles. The van der Waals surface area contributed by atoms with Gasteiger partial charge in [0.1, 0.15) is 0 Å². The molecule has 1 aromatic rings. The number of nitrogens with zero attached hydrogens (tertiary/aromatic N) is 1. The molecule has 0 aliphatic heterocycles. The monoisotopic (exact) mass is 320 g/mol. The lowest BCUT2D eigenvalue weighted by atomic mass is 10.0. The number of halogens is 3. The highest BCUT2D eigenvalue weighted by molar-refractivity contribution is 7.99. The fraction of sp³-hybridized carbons (Fsp3) is 0.600. The summed E-state index contributed by atoms with van der Waals surface area (Å²) in [5.41, 5.74) is 0.116. The van der Waals surface area contributed by atoms with Crippen molar-refractivity contribution in [3.63, 3.8) is 0 Å². The summed E-state index contributed by atoms with van der Waals surface area (Å²) in [6.45, 7) is 3.66.